The van der Waals surface area contributed by atoms with Crippen LogP contribution in [0.15, 0.2) is 24.3 Å². The van der Waals surface area contributed by atoms with E-state index in [1.54, 1.807) is 19.2 Å². The van der Waals surface area contributed by atoms with Crippen LogP contribution in [0.5, 0.6) is 17.2 Å². The van der Waals surface area contributed by atoms with Crippen molar-refractivity contribution in [1.82, 2.24) is 4.90 Å². The number of ether oxygens (including phenoxy) is 3. The summed E-state index contributed by atoms with van der Waals surface area (Å²) in [7, 11) is 1.58. The first-order valence-electron chi connectivity index (χ1n) is 9.73. The predicted octanol–water partition coefficient (Wildman–Crippen LogP) is 3.61. The molecule has 0 unspecified atom stereocenters. The Bertz CT molecular complexity index is 875. The number of hydrogen-bond acceptors (Lipinski definition) is 6. The molecule has 2 aromatic rings. The summed E-state index contributed by atoms with van der Waals surface area (Å²) in [6.07, 6.45) is 0. The van der Waals surface area contributed by atoms with Gasteiger partial charge in [0.15, 0.2) is 5.78 Å². The van der Waals surface area contributed by atoms with Gasteiger partial charge in [0.05, 0.1) is 25.0 Å². The number of benzene rings is 2. The molecule has 150 valence electrons. The van der Waals surface area contributed by atoms with Gasteiger partial charge in [0.1, 0.15) is 23.9 Å². The summed E-state index contributed by atoms with van der Waals surface area (Å²) in [4.78, 5) is 15.4. The van der Waals surface area contributed by atoms with Gasteiger partial charge in [0.2, 0.25) is 0 Å². The second-order valence-electron chi connectivity index (χ2n) is 6.56. The van der Waals surface area contributed by atoms with Gasteiger partial charge in [-0.3, -0.25) is 4.79 Å². The van der Waals surface area contributed by atoms with E-state index < -0.39 is 0 Å². The molecule has 0 bridgehead atoms. The average molecular weight is 384 g/mol. The van der Waals surface area contributed by atoms with E-state index in [0.717, 1.165) is 25.2 Å². The largest absolute Gasteiger partial charge is 0.496 e. The molecule has 2 N–H and O–H groups in total. The molecule has 1 aliphatic carbocycles. The lowest BCUT2D eigenvalue weighted by Gasteiger charge is -2.19. The van der Waals surface area contributed by atoms with Crippen molar-refractivity contribution in [1.29, 1.82) is 0 Å². The van der Waals surface area contributed by atoms with Crippen molar-refractivity contribution in [3.8, 4) is 28.4 Å². The molecule has 0 saturated carbocycles. The molecule has 0 atom stereocenters. The molecule has 0 radical (unpaired) electrons. The number of hydrogen-bond donors (Lipinski definition) is 1. The van der Waals surface area contributed by atoms with Gasteiger partial charge in [-0.15, -0.1) is 0 Å². The van der Waals surface area contributed by atoms with Gasteiger partial charge in [-0.2, -0.15) is 0 Å². The van der Waals surface area contributed by atoms with E-state index in [0.29, 0.717) is 52.8 Å². The third kappa shape index (κ3) is 3.40. The first-order chi connectivity index (χ1) is 13.6. The smallest absolute Gasteiger partial charge is 0.196 e. The Morgan fingerprint density at radius 2 is 1.71 bits per heavy atom. The van der Waals surface area contributed by atoms with Crippen LogP contribution in [0.2, 0.25) is 0 Å². The number of ketones is 1. The first kappa shape index (κ1) is 20.0. The fraction of sp³-hybridized carbons (Fsp3) is 0.409. The number of carbonyl (C=O) groups excluding carboxylic acids is 1. The number of anilines is 1. The lowest BCUT2D eigenvalue weighted by Crippen LogP contribution is -2.28. The second kappa shape index (κ2) is 8.52. The number of fused-ring (bicyclic) bond motifs is 3. The van der Waals surface area contributed by atoms with Crippen LogP contribution < -0.4 is 19.9 Å². The molecule has 0 saturated heterocycles. The monoisotopic (exact) mass is 384 g/mol. The molecule has 6 heteroatoms. The zero-order valence-corrected chi connectivity index (χ0v) is 17.0. The zero-order chi connectivity index (χ0) is 20.3. The van der Waals surface area contributed by atoms with Gasteiger partial charge in [-0.25, -0.2) is 0 Å². The summed E-state index contributed by atoms with van der Waals surface area (Å²) in [6.45, 7) is 9.88. The molecule has 0 aromatic heterocycles. The minimum atomic E-state index is -0.128. The van der Waals surface area contributed by atoms with Gasteiger partial charge < -0.3 is 24.8 Å². The van der Waals surface area contributed by atoms with E-state index in [1.165, 1.54) is 0 Å². The second-order valence-corrected chi connectivity index (χ2v) is 6.56. The topological polar surface area (TPSA) is 74.0 Å². The van der Waals surface area contributed by atoms with Crippen molar-refractivity contribution in [2.24, 2.45) is 0 Å². The van der Waals surface area contributed by atoms with Crippen molar-refractivity contribution in [2.45, 2.75) is 20.8 Å². The van der Waals surface area contributed by atoms with Crippen molar-refractivity contribution in [3.63, 3.8) is 0 Å². The molecule has 28 heavy (non-hydrogen) atoms. The van der Waals surface area contributed by atoms with Crippen LogP contribution in [-0.4, -0.2) is 50.6 Å². The van der Waals surface area contributed by atoms with Crippen LogP contribution in [-0.2, 0) is 0 Å². The highest BCUT2D eigenvalue weighted by Gasteiger charge is 2.36. The van der Waals surface area contributed by atoms with Gasteiger partial charge in [0.25, 0.3) is 0 Å². The summed E-state index contributed by atoms with van der Waals surface area (Å²) in [5, 5.41) is 0. The van der Waals surface area contributed by atoms with Crippen LogP contribution in [0.3, 0.4) is 0 Å². The van der Waals surface area contributed by atoms with Crippen molar-refractivity contribution >= 4 is 11.5 Å². The van der Waals surface area contributed by atoms with Crippen molar-refractivity contribution in [3.05, 3.63) is 35.4 Å². The van der Waals surface area contributed by atoms with Crippen LogP contribution in [0.4, 0.5) is 5.69 Å². The highest BCUT2D eigenvalue weighted by molar-refractivity contribution is 6.26. The summed E-state index contributed by atoms with van der Waals surface area (Å²) in [5.41, 5.74) is 9.06. The molecule has 0 heterocycles. The minimum absolute atomic E-state index is 0.128. The third-order valence-electron chi connectivity index (χ3n) is 5.12. The number of nitrogens with two attached hydrogens (primary N) is 1. The van der Waals surface area contributed by atoms with Crippen LogP contribution >= 0.6 is 0 Å². The number of likely N-dealkylation sites (N-methyl/N-ethyl adjacent to an activating group) is 1. The van der Waals surface area contributed by atoms with E-state index in [9.17, 15) is 4.79 Å². The Morgan fingerprint density at radius 1 is 0.964 bits per heavy atom. The van der Waals surface area contributed by atoms with Gasteiger partial charge >= 0.3 is 0 Å². The molecular formula is C22H28N2O4. The third-order valence-corrected chi connectivity index (χ3v) is 5.12. The molecule has 2 aromatic carbocycles. The molecule has 6 nitrogen and oxygen atoms in total. The molecule has 1 aliphatic rings. The SMILES string of the molecule is CCOc1cc(OC)c2c(c1N)C(=O)c1cccc(OCCN(CC)CC)c1-2. The lowest BCUT2D eigenvalue weighted by atomic mass is 10.0. The van der Waals surface area contributed by atoms with Gasteiger partial charge in [0, 0.05) is 29.3 Å². The maximum Gasteiger partial charge on any atom is 0.196 e. The van der Waals surface area contributed by atoms with Crippen molar-refractivity contribution in [2.75, 3.05) is 45.7 Å². The Labute approximate surface area is 166 Å². The Hall–Kier alpha value is -2.73. The number of nitrogen functional groups attached to an aromatic ring is 1. The number of methoxy groups -OCH3 is 1. The number of carbonyl (C=O) groups is 1. The maximum atomic E-state index is 13.1. The van der Waals surface area contributed by atoms with Gasteiger partial charge in [-0.1, -0.05) is 26.0 Å². The minimum Gasteiger partial charge on any atom is -0.496 e. The van der Waals surface area contributed by atoms with E-state index in [-0.39, 0.29) is 5.78 Å². The molecular weight excluding hydrogens is 356 g/mol. The van der Waals surface area contributed by atoms with Crippen LogP contribution in [0.25, 0.3) is 11.1 Å². The highest BCUT2D eigenvalue weighted by Crippen LogP contribution is 2.51. The molecule has 0 aliphatic heterocycles. The maximum absolute atomic E-state index is 13.1. The quantitative estimate of drug-likeness (QED) is 0.568. The molecule has 3 rings (SSSR count). The first-order valence-corrected chi connectivity index (χ1v) is 9.73. The standard InChI is InChI=1S/C22H28N2O4/c1-5-24(6-2)11-12-28-15-10-8-9-14-18(15)19-16(26-4)13-17(27-7-3)21(23)20(19)22(14)25/h8-10,13H,5-7,11-12,23H2,1-4H3. The summed E-state index contributed by atoms with van der Waals surface area (Å²) in [6, 6.07) is 7.26. The molecule has 0 spiro atoms. The molecule has 0 fully saturated rings. The van der Waals surface area contributed by atoms with Crippen molar-refractivity contribution < 1.29 is 19.0 Å². The summed E-state index contributed by atoms with van der Waals surface area (Å²) >= 11 is 0. The fourth-order valence-corrected chi connectivity index (χ4v) is 3.63. The zero-order valence-electron chi connectivity index (χ0n) is 17.0. The summed E-state index contributed by atoms with van der Waals surface area (Å²) < 4.78 is 17.3. The Kier molecular flexibility index (Phi) is 6.09. The summed E-state index contributed by atoms with van der Waals surface area (Å²) in [5.74, 6) is 1.55. The number of nitrogens with zero attached hydrogens (tertiary/aromatic N) is 1. The average Bonchev–Trinajstić information content (AvgIpc) is 3.01. The van der Waals surface area contributed by atoms with E-state index in [4.69, 9.17) is 19.9 Å². The van der Waals surface area contributed by atoms with Crippen LogP contribution in [0.1, 0.15) is 36.7 Å². The Balaban J connectivity index is 2.04. The van der Waals surface area contributed by atoms with E-state index in [2.05, 4.69) is 18.7 Å². The Morgan fingerprint density at radius 3 is 2.36 bits per heavy atom. The van der Waals surface area contributed by atoms with Crippen LogP contribution in [0, 0.1) is 0 Å². The number of rotatable bonds is 9. The van der Waals surface area contributed by atoms with E-state index >= 15 is 0 Å². The predicted molar refractivity (Wildman–Crippen MR) is 111 cm³/mol. The molecule has 0 amide bonds. The fourth-order valence-electron chi connectivity index (χ4n) is 3.63. The highest BCUT2D eigenvalue weighted by atomic mass is 16.5. The van der Waals surface area contributed by atoms with E-state index in [1.807, 2.05) is 19.1 Å². The normalized spacial score (nSPS) is 12.1. The lowest BCUT2D eigenvalue weighted by molar-refractivity contribution is 0.104. The van der Waals surface area contributed by atoms with Gasteiger partial charge in [-0.05, 0) is 26.1 Å².